The van der Waals surface area contributed by atoms with Crippen molar-refractivity contribution < 1.29 is 9.53 Å². The smallest absolute Gasteiger partial charge is 0.271 e. The first-order chi connectivity index (χ1) is 10.7. The minimum atomic E-state index is -0.295. The number of carbonyl (C=O) groups is 1. The SMILES string of the molecule is COCCNc1cnc(C(=O)NCc2ccccc2Cl)cn1. The predicted molar refractivity (Wildman–Crippen MR) is 85.0 cm³/mol. The van der Waals surface area contributed by atoms with Crippen LogP contribution in [-0.4, -0.2) is 36.1 Å². The maximum atomic E-state index is 12.0. The molecule has 1 heterocycles. The number of carbonyl (C=O) groups excluding carboxylic acids is 1. The number of anilines is 1. The Morgan fingerprint density at radius 3 is 2.77 bits per heavy atom. The first-order valence-electron chi connectivity index (χ1n) is 6.77. The average Bonchev–Trinajstić information content (AvgIpc) is 2.55. The highest BCUT2D eigenvalue weighted by molar-refractivity contribution is 6.31. The van der Waals surface area contributed by atoms with E-state index in [4.69, 9.17) is 16.3 Å². The van der Waals surface area contributed by atoms with E-state index in [1.54, 1.807) is 13.2 Å². The van der Waals surface area contributed by atoms with E-state index in [2.05, 4.69) is 20.6 Å². The minimum absolute atomic E-state index is 0.254. The van der Waals surface area contributed by atoms with Crippen molar-refractivity contribution in [3.63, 3.8) is 0 Å². The summed E-state index contributed by atoms with van der Waals surface area (Å²) < 4.78 is 4.92. The number of nitrogens with one attached hydrogen (secondary N) is 2. The zero-order chi connectivity index (χ0) is 15.8. The third-order valence-electron chi connectivity index (χ3n) is 2.89. The fraction of sp³-hybridized carbons (Fsp3) is 0.267. The number of nitrogens with zero attached hydrogens (tertiary/aromatic N) is 2. The van der Waals surface area contributed by atoms with Crippen LogP contribution in [-0.2, 0) is 11.3 Å². The molecule has 2 rings (SSSR count). The molecule has 1 amide bonds. The maximum absolute atomic E-state index is 12.0. The quantitative estimate of drug-likeness (QED) is 0.764. The van der Waals surface area contributed by atoms with Gasteiger partial charge in [0.05, 0.1) is 19.0 Å². The number of aromatic nitrogens is 2. The molecule has 0 fully saturated rings. The summed E-state index contributed by atoms with van der Waals surface area (Å²) >= 11 is 6.04. The second-order valence-corrected chi connectivity index (χ2v) is 4.89. The third-order valence-corrected chi connectivity index (χ3v) is 3.26. The van der Waals surface area contributed by atoms with Crippen molar-refractivity contribution in [3.05, 3.63) is 52.9 Å². The van der Waals surface area contributed by atoms with E-state index in [0.717, 1.165) is 5.56 Å². The van der Waals surface area contributed by atoms with Crippen LogP contribution in [0.4, 0.5) is 5.82 Å². The number of rotatable bonds is 7. The lowest BCUT2D eigenvalue weighted by molar-refractivity contribution is 0.0945. The second-order valence-electron chi connectivity index (χ2n) is 4.48. The number of hydrogen-bond donors (Lipinski definition) is 2. The van der Waals surface area contributed by atoms with Crippen LogP contribution in [0.15, 0.2) is 36.7 Å². The highest BCUT2D eigenvalue weighted by Gasteiger charge is 2.08. The van der Waals surface area contributed by atoms with Gasteiger partial charge in [0.1, 0.15) is 11.5 Å². The van der Waals surface area contributed by atoms with E-state index in [0.29, 0.717) is 30.5 Å². The van der Waals surface area contributed by atoms with Crippen LogP contribution in [0.3, 0.4) is 0 Å². The van der Waals surface area contributed by atoms with E-state index in [1.807, 2.05) is 18.2 Å². The van der Waals surface area contributed by atoms with Crippen LogP contribution in [0.5, 0.6) is 0 Å². The van der Waals surface area contributed by atoms with Crippen LogP contribution in [0, 0.1) is 0 Å². The zero-order valence-corrected chi connectivity index (χ0v) is 12.9. The van der Waals surface area contributed by atoms with E-state index in [1.165, 1.54) is 12.4 Å². The standard InChI is InChI=1S/C15H17ClN4O2/c1-22-7-6-17-14-10-18-13(9-19-14)15(21)20-8-11-4-2-3-5-12(11)16/h2-5,9-10H,6-8H2,1H3,(H,17,19)(H,20,21). The molecule has 7 heteroatoms. The highest BCUT2D eigenvalue weighted by atomic mass is 35.5. The van der Waals surface area contributed by atoms with E-state index in [-0.39, 0.29) is 11.6 Å². The molecule has 0 radical (unpaired) electrons. The van der Waals surface area contributed by atoms with E-state index < -0.39 is 0 Å². The van der Waals surface area contributed by atoms with E-state index >= 15 is 0 Å². The summed E-state index contributed by atoms with van der Waals surface area (Å²) in [5.74, 6) is 0.301. The summed E-state index contributed by atoms with van der Waals surface area (Å²) in [5, 5.41) is 6.41. The van der Waals surface area contributed by atoms with Gasteiger partial charge >= 0.3 is 0 Å². The van der Waals surface area contributed by atoms with Gasteiger partial charge in [-0.2, -0.15) is 0 Å². The van der Waals surface area contributed by atoms with Gasteiger partial charge < -0.3 is 15.4 Å². The lowest BCUT2D eigenvalue weighted by Crippen LogP contribution is -2.24. The Bertz CT molecular complexity index is 619. The second kappa shape index (κ2) is 8.31. The fourth-order valence-corrected chi connectivity index (χ4v) is 1.93. The van der Waals surface area contributed by atoms with Crippen LogP contribution >= 0.6 is 11.6 Å². The van der Waals surface area contributed by atoms with Gasteiger partial charge in [0.15, 0.2) is 0 Å². The maximum Gasteiger partial charge on any atom is 0.271 e. The van der Waals surface area contributed by atoms with Crippen molar-refractivity contribution in [2.45, 2.75) is 6.54 Å². The number of amides is 1. The summed E-state index contributed by atoms with van der Waals surface area (Å²) in [5.41, 5.74) is 1.10. The first-order valence-corrected chi connectivity index (χ1v) is 7.15. The molecule has 22 heavy (non-hydrogen) atoms. The van der Waals surface area contributed by atoms with Gasteiger partial charge in [0, 0.05) is 25.2 Å². The normalized spacial score (nSPS) is 10.3. The number of methoxy groups -OCH3 is 1. The summed E-state index contributed by atoms with van der Waals surface area (Å²) in [6.07, 6.45) is 2.94. The van der Waals surface area contributed by atoms with Crippen molar-refractivity contribution >= 4 is 23.3 Å². The summed E-state index contributed by atoms with van der Waals surface area (Å²) in [6.45, 7) is 1.54. The minimum Gasteiger partial charge on any atom is -0.383 e. The third kappa shape index (κ3) is 4.68. The molecule has 0 bridgehead atoms. The molecular weight excluding hydrogens is 304 g/mol. The Balaban J connectivity index is 1.88. The molecule has 0 saturated carbocycles. The van der Waals surface area contributed by atoms with Crippen LogP contribution in [0.25, 0.3) is 0 Å². The Morgan fingerprint density at radius 2 is 2.09 bits per heavy atom. The van der Waals surface area contributed by atoms with Crippen molar-refractivity contribution in [1.29, 1.82) is 0 Å². The molecule has 1 aromatic heterocycles. The lowest BCUT2D eigenvalue weighted by atomic mass is 10.2. The van der Waals surface area contributed by atoms with E-state index in [9.17, 15) is 4.79 Å². The van der Waals surface area contributed by atoms with Gasteiger partial charge in [-0.3, -0.25) is 4.79 Å². The fourth-order valence-electron chi connectivity index (χ4n) is 1.73. The Morgan fingerprint density at radius 1 is 1.27 bits per heavy atom. The number of ether oxygens (including phenoxy) is 1. The van der Waals surface area contributed by atoms with Gasteiger partial charge in [0.2, 0.25) is 0 Å². The molecule has 0 unspecified atom stereocenters. The average molecular weight is 321 g/mol. The topological polar surface area (TPSA) is 76.1 Å². The monoisotopic (exact) mass is 320 g/mol. The summed E-state index contributed by atoms with van der Waals surface area (Å²) in [4.78, 5) is 20.2. The number of halogens is 1. The molecule has 0 spiro atoms. The molecule has 2 aromatic rings. The van der Waals surface area contributed by atoms with Gasteiger partial charge in [-0.1, -0.05) is 29.8 Å². The molecule has 0 aliphatic heterocycles. The largest absolute Gasteiger partial charge is 0.383 e. The molecule has 0 saturated heterocycles. The Kier molecular flexibility index (Phi) is 6.12. The lowest BCUT2D eigenvalue weighted by Gasteiger charge is -2.07. The highest BCUT2D eigenvalue weighted by Crippen LogP contribution is 2.14. The van der Waals surface area contributed by atoms with Crippen molar-refractivity contribution in [3.8, 4) is 0 Å². The predicted octanol–water partition coefficient (Wildman–Crippen LogP) is 2.12. The molecular formula is C15H17ClN4O2. The number of benzene rings is 1. The van der Waals surface area contributed by atoms with Crippen molar-refractivity contribution in [2.24, 2.45) is 0 Å². The molecule has 2 N–H and O–H groups in total. The van der Waals surface area contributed by atoms with Gasteiger partial charge in [-0.05, 0) is 11.6 Å². The van der Waals surface area contributed by atoms with Crippen LogP contribution < -0.4 is 10.6 Å². The molecule has 0 aliphatic rings. The van der Waals surface area contributed by atoms with Crippen molar-refractivity contribution in [2.75, 3.05) is 25.6 Å². The molecule has 0 aliphatic carbocycles. The first kappa shape index (κ1) is 16.2. The van der Waals surface area contributed by atoms with Gasteiger partial charge in [0.25, 0.3) is 5.91 Å². The summed E-state index contributed by atoms with van der Waals surface area (Å²) in [7, 11) is 1.62. The van der Waals surface area contributed by atoms with Gasteiger partial charge in [-0.15, -0.1) is 0 Å². The van der Waals surface area contributed by atoms with Crippen LogP contribution in [0.1, 0.15) is 16.1 Å². The van der Waals surface area contributed by atoms with Crippen molar-refractivity contribution in [1.82, 2.24) is 15.3 Å². The summed E-state index contributed by atoms with van der Waals surface area (Å²) in [6, 6.07) is 7.35. The molecule has 0 atom stereocenters. The molecule has 6 nitrogen and oxygen atoms in total. The number of hydrogen-bond acceptors (Lipinski definition) is 5. The van der Waals surface area contributed by atoms with Crippen LogP contribution in [0.2, 0.25) is 5.02 Å². The van der Waals surface area contributed by atoms with Gasteiger partial charge in [-0.25, -0.2) is 9.97 Å². The zero-order valence-electron chi connectivity index (χ0n) is 12.2. The molecule has 1 aromatic carbocycles. The molecule has 116 valence electrons. The Hall–Kier alpha value is -2.18. The Labute approximate surface area is 133 Å².